The van der Waals surface area contributed by atoms with Crippen LogP contribution in [0.25, 0.3) is 0 Å². The fraction of sp³-hybridized carbons (Fsp3) is 0.200. The second-order valence-corrected chi connectivity index (χ2v) is 21.2. The van der Waals surface area contributed by atoms with E-state index < -0.39 is 210 Å². The number of fused-ring (bicyclic) bond motifs is 10. The van der Waals surface area contributed by atoms with Crippen molar-refractivity contribution < 1.29 is 121 Å². The van der Waals surface area contributed by atoms with Crippen LogP contribution < -0.4 is 23.7 Å². The lowest BCUT2D eigenvalue weighted by Gasteiger charge is -2.52. The number of aliphatic hydroxyl groups is 4. The highest BCUT2D eigenvalue weighted by molar-refractivity contribution is 5.77. The van der Waals surface area contributed by atoms with E-state index in [1.165, 1.54) is 24.3 Å². The smallest absolute Gasteiger partial charge is 0.305 e. The molecule has 5 aliphatic rings. The summed E-state index contributed by atoms with van der Waals surface area (Å²) in [4.78, 5) is 0. The van der Waals surface area contributed by atoms with Gasteiger partial charge in [-0.15, -0.1) is 0 Å². The Morgan fingerprint density at radius 2 is 0.810 bits per heavy atom. The molecular weight excluding hydrogens is 1100 g/mol. The molecule has 5 aliphatic heterocycles. The number of benzene rings is 8. The van der Waals surface area contributed by atoms with Gasteiger partial charge in [-0.1, -0.05) is 18.2 Å². The first-order chi connectivity index (χ1) is 40.0. The van der Waals surface area contributed by atoms with Crippen molar-refractivity contribution in [3.63, 3.8) is 0 Å². The number of rotatable bonds is 6. The molecule has 8 aromatic rings. The molecule has 0 unspecified atom stereocenters. The number of hydrogen-bond donors (Lipinski definition) is 19. The summed E-state index contributed by atoms with van der Waals surface area (Å²) in [5.41, 5.74) is -3.38. The van der Waals surface area contributed by atoms with Gasteiger partial charge in [0.2, 0.25) is 0 Å². The van der Waals surface area contributed by atoms with Crippen molar-refractivity contribution in [2.75, 3.05) is 0 Å². The maximum absolute atomic E-state index is 13.9. The van der Waals surface area contributed by atoms with Gasteiger partial charge in [0, 0.05) is 81.3 Å². The van der Waals surface area contributed by atoms with E-state index >= 15 is 0 Å². The molecule has 11 atom stereocenters. The standard InChI is InChI=1S/C60H48O24/c61-23-13-35(72)41-39(15-23)80-54(20-2-6-27(64)32(69)10-20)51(77)44(41)48-50(76)47-45(43-37(74)18-30(67)25-17-38(75)53(81-56(25)43)19-1-5-26(63)31(68)9-19)52(78)55(21-3-7-28(65)33(70)11-21)82-57(47)49-46-42-36(73)14-24(62)16-40(42)83-60(59(46)79,84-58(48)49)22-4-8-29(66)34(71)12-22/h1-16,18,38,44-46,51-55,59,61-79H,17H2/t38-,44+,45-,46+,51+,52+,53+,54+,55+,59+,60-/m0/s1. The number of phenols is 15. The van der Waals surface area contributed by atoms with E-state index in [4.69, 9.17) is 23.7 Å². The predicted octanol–water partition coefficient (Wildman–Crippen LogP) is 5.69. The second kappa shape index (κ2) is 18.6. The zero-order valence-electron chi connectivity index (χ0n) is 42.8. The van der Waals surface area contributed by atoms with Crippen LogP contribution in [-0.4, -0.2) is 121 Å². The Labute approximate surface area is 471 Å². The Morgan fingerprint density at radius 3 is 1.37 bits per heavy atom. The minimum Gasteiger partial charge on any atom is -0.508 e. The molecule has 2 bridgehead atoms. The molecule has 8 aromatic carbocycles. The molecule has 0 aliphatic carbocycles. The molecule has 0 spiro atoms. The average Bonchev–Trinajstić information content (AvgIpc) is 1.02. The highest BCUT2D eigenvalue weighted by atomic mass is 16.7. The van der Waals surface area contributed by atoms with E-state index in [-0.39, 0.29) is 39.1 Å². The minimum atomic E-state index is -2.72. The number of aromatic hydroxyl groups is 15. The van der Waals surface area contributed by atoms with Gasteiger partial charge >= 0.3 is 5.79 Å². The summed E-state index contributed by atoms with van der Waals surface area (Å²) in [5, 5.41) is 220. The molecule has 0 amide bonds. The van der Waals surface area contributed by atoms with Crippen molar-refractivity contribution in [3.8, 4) is 115 Å². The first-order valence-corrected chi connectivity index (χ1v) is 25.8. The van der Waals surface area contributed by atoms with E-state index in [1.54, 1.807) is 0 Å². The lowest BCUT2D eigenvalue weighted by molar-refractivity contribution is -0.219. The van der Waals surface area contributed by atoms with E-state index in [0.29, 0.717) is 0 Å². The predicted molar refractivity (Wildman–Crippen MR) is 283 cm³/mol. The number of aliphatic hydroxyl groups excluding tert-OH is 4. The van der Waals surface area contributed by atoms with Gasteiger partial charge in [0.1, 0.15) is 93.4 Å². The van der Waals surface area contributed by atoms with Crippen LogP contribution in [0.1, 0.15) is 97.3 Å². The SMILES string of the molecule is Oc1cc(O)c2c(c1)O[C@H](c1ccc(O)c(O)c1)[C@H](O)[C@H]2c1c(O)c2c(c3c1O[C@]1(c4ccc(O)c(O)c4)Oc4cc(O)cc(O)c4[C@H]3[C@H]1O)O[C@H](c1ccc(O)c(O)c1)[C@H](O)[C@H]2c1c(O)cc(O)c2c1O[C@H](c1ccc(O)c(O)c1)[C@@H](O)C2. The summed E-state index contributed by atoms with van der Waals surface area (Å²) < 4.78 is 33.2. The first-order valence-electron chi connectivity index (χ1n) is 25.8. The van der Waals surface area contributed by atoms with Crippen LogP contribution >= 0.6 is 0 Å². The molecule has 0 saturated carbocycles. The summed E-state index contributed by atoms with van der Waals surface area (Å²) in [6, 6.07) is 18.0. The topological polar surface area (TPSA) is 431 Å². The monoisotopic (exact) mass is 1150 g/mol. The number of hydrogen-bond acceptors (Lipinski definition) is 24. The van der Waals surface area contributed by atoms with Crippen molar-refractivity contribution in [1.82, 2.24) is 0 Å². The van der Waals surface area contributed by atoms with E-state index in [9.17, 15) is 97.0 Å². The molecular formula is C60H48O24. The van der Waals surface area contributed by atoms with Crippen molar-refractivity contribution in [3.05, 3.63) is 164 Å². The van der Waals surface area contributed by atoms with Gasteiger partial charge < -0.3 is 121 Å². The quantitative estimate of drug-likeness (QED) is 0.0889. The van der Waals surface area contributed by atoms with E-state index in [1.807, 2.05) is 0 Å². The normalized spacial score (nSPS) is 25.1. The summed E-state index contributed by atoms with van der Waals surface area (Å²) in [6.07, 6.45) is -13.5. The van der Waals surface area contributed by atoms with E-state index in [2.05, 4.69) is 0 Å². The Bertz CT molecular complexity index is 4110. The maximum atomic E-state index is 13.9. The van der Waals surface area contributed by atoms with Crippen LogP contribution in [0.2, 0.25) is 0 Å². The van der Waals surface area contributed by atoms with E-state index in [0.717, 1.165) is 78.9 Å². The third kappa shape index (κ3) is 7.68. The lowest BCUT2D eigenvalue weighted by atomic mass is 9.68. The molecule has 24 heteroatoms. The Kier molecular flexibility index (Phi) is 11.7. The van der Waals surface area contributed by atoms with Crippen molar-refractivity contribution in [1.29, 1.82) is 0 Å². The summed E-state index contributed by atoms with van der Waals surface area (Å²) >= 11 is 0. The van der Waals surface area contributed by atoms with Gasteiger partial charge in [-0.2, -0.15) is 0 Å². The highest BCUT2D eigenvalue weighted by Gasteiger charge is 2.63. The third-order valence-corrected chi connectivity index (χ3v) is 16.3. The molecule has 5 heterocycles. The van der Waals surface area contributed by atoms with Crippen molar-refractivity contribution in [2.24, 2.45) is 0 Å². The Morgan fingerprint density at radius 1 is 0.345 bits per heavy atom. The van der Waals surface area contributed by atoms with Gasteiger partial charge in [0.25, 0.3) is 0 Å². The largest absolute Gasteiger partial charge is 0.508 e. The molecule has 19 N–H and O–H groups in total. The average molecular weight is 1150 g/mol. The van der Waals surface area contributed by atoms with Gasteiger partial charge in [-0.05, 0) is 71.3 Å². The molecule has 0 saturated heterocycles. The molecule has 24 nitrogen and oxygen atoms in total. The Hall–Kier alpha value is -10.4. The van der Waals surface area contributed by atoms with Gasteiger partial charge in [-0.25, -0.2) is 0 Å². The fourth-order valence-corrected chi connectivity index (χ4v) is 12.6. The van der Waals surface area contributed by atoms with Crippen molar-refractivity contribution in [2.45, 2.75) is 72.7 Å². The molecule has 432 valence electrons. The molecule has 0 fully saturated rings. The lowest BCUT2D eigenvalue weighted by Crippen LogP contribution is -2.58. The van der Waals surface area contributed by atoms with Crippen LogP contribution in [-0.2, 0) is 12.2 Å². The van der Waals surface area contributed by atoms with Gasteiger partial charge in [0.15, 0.2) is 58.2 Å². The summed E-state index contributed by atoms with van der Waals surface area (Å²) in [7, 11) is 0. The third-order valence-electron chi connectivity index (χ3n) is 16.3. The van der Waals surface area contributed by atoms with Crippen molar-refractivity contribution >= 4 is 0 Å². The molecule has 84 heavy (non-hydrogen) atoms. The minimum absolute atomic E-state index is 0.0527. The molecule has 0 radical (unpaired) electrons. The van der Waals surface area contributed by atoms with Gasteiger partial charge in [-0.3, -0.25) is 0 Å². The van der Waals surface area contributed by atoms with Crippen LogP contribution in [0.5, 0.6) is 115 Å². The van der Waals surface area contributed by atoms with Crippen LogP contribution in [0.3, 0.4) is 0 Å². The van der Waals surface area contributed by atoms with Gasteiger partial charge in [0.05, 0.1) is 23.9 Å². The zero-order valence-corrected chi connectivity index (χ0v) is 42.8. The molecule has 0 aromatic heterocycles. The number of ether oxygens (including phenoxy) is 5. The fourth-order valence-electron chi connectivity index (χ4n) is 12.6. The van der Waals surface area contributed by atoms with Crippen LogP contribution in [0.15, 0.2) is 103 Å². The van der Waals surface area contributed by atoms with Crippen LogP contribution in [0, 0.1) is 0 Å². The zero-order chi connectivity index (χ0) is 59.4. The number of phenolic OH excluding ortho intramolecular Hbond substituents is 15. The maximum Gasteiger partial charge on any atom is 0.305 e. The highest BCUT2D eigenvalue weighted by Crippen LogP contribution is 2.69. The first kappa shape index (κ1) is 52.9. The summed E-state index contributed by atoms with van der Waals surface area (Å²) in [5.74, 6) is -21.5. The second-order valence-electron chi connectivity index (χ2n) is 21.2. The van der Waals surface area contributed by atoms with Crippen LogP contribution in [0.4, 0.5) is 0 Å². The summed E-state index contributed by atoms with van der Waals surface area (Å²) in [6.45, 7) is 0. The Balaban J connectivity index is 1.18. The molecule has 13 rings (SSSR count).